The van der Waals surface area contributed by atoms with Crippen molar-refractivity contribution in [3.63, 3.8) is 0 Å². The van der Waals surface area contributed by atoms with Crippen LogP contribution in [0.2, 0.25) is 0 Å². The zero-order valence-electron chi connectivity index (χ0n) is 11.4. The van der Waals surface area contributed by atoms with Crippen molar-refractivity contribution in [2.24, 2.45) is 0 Å². The van der Waals surface area contributed by atoms with Gasteiger partial charge >= 0.3 is 0 Å². The Kier molecular flexibility index (Phi) is 6.37. The van der Waals surface area contributed by atoms with Crippen LogP contribution in [-0.4, -0.2) is 30.4 Å². The van der Waals surface area contributed by atoms with E-state index in [1.165, 1.54) is 5.56 Å². The molecule has 0 radical (unpaired) electrons. The maximum atomic E-state index is 10.6. The molecule has 0 saturated carbocycles. The number of carbonyl (C=O) groups excluding carboxylic acids is 1. The van der Waals surface area contributed by atoms with Crippen LogP contribution < -0.4 is 0 Å². The summed E-state index contributed by atoms with van der Waals surface area (Å²) in [5, 5.41) is -0.215. The molecule has 100 valence electrons. The van der Waals surface area contributed by atoms with Gasteiger partial charge in [-0.15, -0.1) is 0 Å². The highest BCUT2D eigenvalue weighted by molar-refractivity contribution is 6.63. The van der Waals surface area contributed by atoms with Gasteiger partial charge in [-0.1, -0.05) is 30.3 Å². The Balaban J connectivity index is 2.25. The maximum absolute atomic E-state index is 10.6. The highest BCUT2D eigenvalue weighted by Gasteiger charge is 2.14. The second-order valence-electron chi connectivity index (χ2n) is 5.47. The predicted octanol–water partition coefficient (Wildman–Crippen LogP) is 3.59. The van der Waals surface area contributed by atoms with Crippen molar-refractivity contribution < 1.29 is 9.28 Å². The molecule has 0 bridgehead atoms. The van der Waals surface area contributed by atoms with Crippen LogP contribution in [0.25, 0.3) is 0 Å². The van der Waals surface area contributed by atoms with E-state index in [0.717, 1.165) is 36.8 Å². The van der Waals surface area contributed by atoms with Crippen molar-refractivity contribution in [2.45, 2.75) is 32.2 Å². The van der Waals surface area contributed by atoms with Gasteiger partial charge in [0.1, 0.15) is 6.54 Å². The lowest BCUT2D eigenvalue weighted by molar-refractivity contribution is -0.903. The minimum atomic E-state index is -0.215. The molecule has 0 heterocycles. The van der Waals surface area contributed by atoms with E-state index in [1.807, 2.05) is 6.07 Å². The number of halogens is 1. The summed E-state index contributed by atoms with van der Waals surface area (Å²) in [5.74, 6) is 0. The molecule has 3 heteroatoms. The van der Waals surface area contributed by atoms with Gasteiger partial charge in [-0.05, 0) is 30.9 Å². The second-order valence-corrected chi connectivity index (χ2v) is 5.89. The van der Waals surface area contributed by atoms with Crippen LogP contribution >= 0.6 is 11.6 Å². The lowest BCUT2D eigenvalue weighted by atomic mass is 10.1. The zero-order chi connectivity index (χ0) is 13.4. The van der Waals surface area contributed by atoms with Gasteiger partial charge in [-0.25, -0.2) is 0 Å². The number of carbonyl (C=O) groups is 1. The van der Waals surface area contributed by atoms with Crippen molar-refractivity contribution in [3.05, 3.63) is 35.9 Å². The number of hydrogen-bond acceptors (Lipinski definition) is 1. The first kappa shape index (κ1) is 15.2. The molecule has 0 unspecified atom stereocenters. The molecule has 0 fully saturated rings. The number of rotatable bonds is 8. The van der Waals surface area contributed by atoms with Crippen molar-refractivity contribution >= 4 is 16.8 Å². The molecule has 0 N–H and O–H groups in total. The highest BCUT2D eigenvalue weighted by Crippen LogP contribution is 2.12. The molecule has 1 aromatic rings. The Bertz CT molecular complexity index is 362. The summed E-state index contributed by atoms with van der Waals surface area (Å²) < 4.78 is 0.985. The number of hydrogen-bond donors (Lipinski definition) is 0. The third-order valence-corrected chi connectivity index (χ3v) is 3.28. The van der Waals surface area contributed by atoms with E-state index < -0.39 is 0 Å². The van der Waals surface area contributed by atoms with E-state index in [9.17, 15) is 4.79 Å². The Morgan fingerprint density at radius 1 is 1.11 bits per heavy atom. The van der Waals surface area contributed by atoms with E-state index in [4.69, 9.17) is 11.6 Å². The van der Waals surface area contributed by atoms with Gasteiger partial charge in [-0.2, -0.15) is 0 Å². The van der Waals surface area contributed by atoms with E-state index in [1.54, 1.807) is 0 Å². The third-order valence-electron chi connectivity index (χ3n) is 3.09. The van der Waals surface area contributed by atoms with Gasteiger partial charge in [0.2, 0.25) is 5.24 Å². The van der Waals surface area contributed by atoms with Crippen molar-refractivity contribution in [1.29, 1.82) is 0 Å². The summed E-state index contributed by atoms with van der Waals surface area (Å²) in [6.45, 7) is 2.18. The zero-order valence-corrected chi connectivity index (χ0v) is 12.1. The summed E-state index contributed by atoms with van der Waals surface area (Å²) in [6, 6.07) is 10.6. The minimum absolute atomic E-state index is 0.215. The van der Waals surface area contributed by atoms with Crippen molar-refractivity contribution in [1.82, 2.24) is 0 Å². The summed E-state index contributed by atoms with van der Waals surface area (Å²) in [5.41, 5.74) is 1.37. The molecule has 1 aromatic carbocycles. The van der Waals surface area contributed by atoms with Crippen LogP contribution in [0.15, 0.2) is 30.3 Å². The predicted molar refractivity (Wildman–Crippen MR) is 76.4 cm³/mol. The minimum Gasteiger partial charge on any atom is -0.325 e. The van der Waals surface area contributed by atoms with Crippen molar-refractivity contribution in [2.75, 3.05) is 20.6 Å². The van der Waals surface area contributed by atoms with Crippen molar-refractivity contribution in [3.8, 4) is 0 Å². The molecule has 1 rings (SSSR count). The SMILES string of the molecule is C[N+](C)(CCCCCC(=O)Cl)Cc1ccccc1. The van der Waals surface area contributed by atoms with Crippen LogP contribution in [0.4, 0.5) is 0 Å². The van der Waals surface area contributed by atoms with Gasteiger partial charge in [0, 0.05) is 12.0 Å². The topological polar surface area (TPSA) is 17.1 Å². The van der Waals surface area contributed by atoms with Crippen LogP contribution in [0.3, 0.4) is 0 Å². The van der Waals surface area contributed by atoms with Gasteiger partial charge in [0.25, 0.3) is 0 Å². The molecule has 0 atom stereocenters. The molecule has 0 aliphatic carbocycles. The molecular formula is C15H23ClNO+. The monoisotopic (exact) mass is 268 g/mol. The normalized spacial score (nSPS) is 11.5. The van der Waals surface area contributed by atoms with Gasteiger partial charge < -0.3 is 4.48 Å². The molecule has 0 amide bonds. The van der Waals surface area contributed by atoms with E-state index in [2.05, 4.69) is 38.4 Å². The fourth-order valence-corrected chi connectivity index (χ4v) is 2.27. The first-order valence-corrected chi connectivity index (χ1v) is 6.92. The lowest BCUT2D eigenvalue weighted by Gasteiger charge is -2.30. The molecule has 18 heavy (non-hydrogen) atoms. The summed E-state index contributed by atoms with van der Waals surface area (Å²) in [7, 11) is 4.50. The first-order valence-electron chi connectivity index (χ1n) is 6.54. The largest absolute Gasteiger partial charge is 0.325 e. The Labute approximate surface area is 115 Å². The Morgan fingerprint density at radius 3 is 2.39 bits per heavy atom. The van der Waals surface area contributed by atoms with Gasteiger partial charge in [0.05, 0.1) is 20.6 Å². The molecule has 2 nitrogen and oxygen atoms in total. The quantitative estimate of drug-likeness (QED) is 0.400. The molecular weight excluding hydrogens is 246 g/mol. The molecule has 0 aliphatic heterocycles. The molecule has 0 aromatic heterocycles. The summed E-state index contributed by atoms with van der Waals surface area (Å²) in [6.07, 6.45) is 3.64. The molecule has 0 saturated heterocycles. The van der Waals surface area contributed by atoms with Gasteiger partial charge in [-0.3, -0.25) is 4.79 Å². The van der Waals surface area contributed by atoms with Crippen LogP contribution in [0, 0.1) is 0 Å². The lowest BCUT2D eigenvalue weighted by Crippen LogP contribution is -2.39. The summed E-state index contributed by atoms with van der Waals surface area (Å²) >= 11 is 5.31. The number of quaternary nitrogens is 1. The number of nitrogens with zero attached hydrogens (tertiary/aromatic N) is 1. The molecule has 0 spiro atoms. The second kappa shape index (κ2) is 7.55. The fourth-order valence-electron chi connectivity index (χ4n) is 2.14. The van der Waals surface area contributed by atoms with Crippen LogP contribution in [-0.2, 0) is 11.3 Å². The fraction of sp³-hybridized carbons (Fsp3) is 0.533. The average Bonchev–Trinajstić information content (AvgIpc) is 2.28. The Morgan fingerprint density at radius 2 is 1.78 bits per heavy atom. The maximum Gasteiger partial charge on any atom is 0.221 e. The Hall–Kier alpha value is -0.860. The third kappa shape index (κ3) is 6.77. The van der Waals surface area contributed by atoms with Gasteiger partial charge in [0.15, 0.2) is 0 Å². The van der Waals surface area contributed by atoms with E-state index >= 15 is 0 Å². The van der Waals surface area contributed by atoms with E-state index in [-0.39, 0.29) is 5.24 Å². The van der Waals surface area contributed by atoms with E-state index in [0.29, 0.717) is 6.42 Å². The average molecular weight is 269 g/mol. The molecule has 0 aliphatic rings. The smallest absolute Gasteiger partial charge is 0.221 e. The highest BCUT2D eigenvalue weighted by atomic mass is 35.5. The number of benzene rings is 1. The summed E-state index contributed by atoms with van der Waals surface area (Å²) in [4.78, 5) is 10.6. The standard InChI is InChI=1S/C15H23ClNO/c1-17(2,12-8-4-7-11-15(16)18)13-14-9-5-3-6-10-14/h3,5-6,9-10H,4,7-8,11-13H2,1-2H3/q+1. The van der Waals surface area contributed by atoms with Crippen LogP contribution in [0.1, 0.15) is 31.2 Å². The first-order chi connectivity index (χ1) is 8.49. The van der Waals surface area contributed by atoms with Crippen LogP contribution in [0.5, 0.6) is 0 Å². The number of unbranched alkanes of at least 4 members (excludes halogenated alkanes) is 2.